The molecule has 0 saturated heterocycles. The average molecular weight is 342 g/mol. The third-order valence-electron chi connectivity index (χ3n) is 3.01. The number of rotatable bonds is 4. The zero-order valence-electron chi connectivity index (χ0n) is 11.5. The van der Waals surface area contributed by atoms with E-state index in [1.165, 1.54) is 0 Å². The first-order valence-corrected chi connectivity index (χ1v) is 6.84. The number of aromatic nitrogens is 2. The molecule has 2 aromatic heterocycles. The van der Waals surface area contributed by atoms with Gasteiger partial charge < -0.3 is 14.8 Å². The molecule has 20 heavy (non-hydrogen) atoms. The number of hydrogen-bond acceptors (Lipinski definition) is 4. The van der Waals surface area contributed by atoms with Gasteiger partial charge in [-0.3, -0.25) is 9.48 Å². The number of aryl methyl sites for hydroxylation is 2. The molecule has 1 amide bonds. The first-order valence-electron chi connectivity index (χ1n) is 6.05. The summed E-state index contributed by atoms with van der Waals surface area (Å²) in [5.41, 5.74) is 0.176. The summed E-state index contributed by atoms with van der Waals surface area (Å²) in [6, 6.07) is 1.72. The highest BCUT2D eigenvalue weighted by molar-refractivity contribution is 9.10. The Bertz CT molecular complexity index is 631. The summed E-state index contributed by atoms with van der Waals surface area (Å²) in [4.78, 5) is 12.0. The summed E-state index contributed by atoms with van der Waals surface area (Å²) >= 11 is 3.17. The Morgan fingerprint density at radius 3 is 2.85 bits per heavy atom. The van der Waals surface area contributed by atoms with Gasteiger partial charge in [0.25, 0.3) is 5.91 Å². The molecule has 2 aromatic rings. The molecular formula is C13H16BrN3O3. The predicted molar refractivity (Wildman–Crippen MR) is 76.3 cm³/mol. The molecule has 1 unspecified atom stereocenters. The summed E-state index contributed by atoms with van der Waals surface area (Å²) in [6.07, 6.45) is 3.28. The molecule has 6 nitrogen and oxygen atoms in total. The lowest BCUT2D eigenvalue weighted by molar-refractivity contribution is 0.0517. The Morgan fingerprint density at radius 2 is 2.35 bits per heavy atom. The molecule has 108 valence electrons. The van der Waals surface area contributed by atoms with Crippen molar-refractivity contribution < 1.29 is 14.3 Å². The van der Waals surface area contributed by atoms with Gasteiger partial charge in [-0.05, 0) is 35.8 Å². The highest BCUT2D eigenvalue weighted by atomic mass is 79.9. The number of nitrogens with one attached hydrogen (secondary N) is 1. The molecule has 0 aliphatic heterocycles. The summed E-state index contributed by atoms with van der Waals surface area (Å²) < 4.78 is 7.35. The molecule has 0 aromatic carbocycles. The van der Waals surface area contributed by atoms with Crippen molar-refractivity contribution in [3.63, 3.8) is 0 Å². The Balaban J connectivity index is 2.04. The molecule has 1 atom stereocenters. The lowest BCUT2D eigenvalue weighted by atomic mass is 10.00. The second kappa shape index (κ2) is 5.41. The molecule has 0 bridgehead atoms. The van der Waals surface area contributed by atoms with Crippen LogP contribution in [0.1, 0.15) is 28.6 Å². The Hall–Kier alpha value is -1.60. The minimum absolute atomic E-state index is 0.0648. The minimum atomic E-state index is -1.19. The smallest absolute Gasteiger partial charge is 0.287 e. The van der Waals surface area contributed by atoms with Crippen LogP contribution < -0.4 is 5.32 Å². The van der Waals surface area contributed by atoms with Crippen molar-refractivity contribution in [3.8, 4) is 0 Å². The molecule has 0 radical (unpaired) electrons. The topological polar surface area (TPSA) is 80.3 Å². The van der Waals surface area contributed by atoms with Crippen molar-refractivity contribution in [3.05, 3.63) is 40.0 Å². The van der Waals surface area contributed by atoms with Crippen molar-refractivity contribution in [2.45, 2.75) is 19.4 Å². The number of aliphatic hydroxyl groups is 1. The number of carbonyl (C=O) groups excluding carboxylic acids is 1. The van der Waals surface area contributed by atoms with E-state index in [2.05, 4.69) is 26.3 Å². The van der Waals surface area contributed by atoms with E-state index in [1.807, 2.05) is 0 Å². The lowest BCUT2D eigenvalue weighted by Crippen LogP contribution is -2.38. The maximum atomic E-state index is 12.0. The van der Waals surface area contributed by atoms with Crippen molar-refractivity contribution in [1.29, 1.82) is 0 Å². The van der Waals surface area contributed by atoms with E-state index in [4.69, 9.17) is 4.42 Å². The number of carbonyl (C=O) groups is 1. The normalized spacial score (nSPS) is 14.1. The second-order valence-electron chi connectivity index (χ2n) is 4.92. The number of halogens is 1. The molecule has 0 aliphatic rings. The summed E-state index contributed by atoms with van der Waals surface area (Å²) in [6.45, 7) is 3.47. The van der Waals surface area contributed by atoms with E-state index in [0.717, 1.165) is 5.56 Å². The van der Waals surface area contributed by atoms with Crippen LogP contribution in [0.15, 0.2) is 27.5 Å². The molecule has 2 heterocycles. The van der Waals surface area contributed by atoms with Crippen LogP contribution in [0.25, 0.3) is 0 Å². The monoisotopic (exact) mass is 341 g/mol. The van der Waals surface area contributed by atoms with E-state index in [1.54, 1.807) is 44.0 Å². The quantitative estimate of drug-likeness (QED) is 0.887. The molecule has 2 N–H and O–H groups in total. The molecule has 0 fully saturated rings. The Morgan fingerprint density at radius 1 is 1.65 bits per heavy atom. The third kappa shape index (κ3) is 3.10. The van der Waals surface area contributed by atoms with Gasteiger partial charge in [-0.1, -0.05) is 0 Å². The number of amides is 1. The van der Waals surface area contributed by atoms with Crippen LogP contribution in [0.5, 0.6) is 0 Å². The Labute approximate surface area is 124 Å². The zero-order valence-corrected chi connectivity index (χ0v) is 13.1. The Kier molecular flexibility index (Phi) is 4.01. The summed E-state index contributed by atoms with van der Waals surface area (Å²) in [5.74, 6) is -0.128. The van der Waals surface area contributed by atoms with Crippen molar-refractivity contribution in [1.82, 2.24) is 15.1 Å². The molecule has 0 saturated carbocycles. The summed E-state index contributed by atoms with van der Waals surface area (Å²) in [7, 11) is 1.77. The van der Waals surface area contributed by atoms with Gasteiger partial charge in [0, 0.05) is 24.4 Å². The molecule has 7 heteroatoms. The van der Waals surface area contributed by atoms with Crippen LogP contribution in [0, 0.1) is 6.92 Å². The number of nitrogens with zero attached hydrogens (tertiary/aromatic N) is 2. The predicted octanol–water partition coefficient (Wildman–Crippen LogP) is 1.72. The van der Waals surface area contributed by atoms with E-state index in [-0.39, 0.29) is 18.2 Å². The van der Waals surface area contributed by atoms with E-state index >= 15 is 0 Å². The van der Waals surface area contributed by atoms with Crippen molar-refractivity contribution in [2.75, 3.05) is 6.54 Å². The van der Waals surface area contributed by atoms with Crippen molar-refractivity contribution in [2.24, 2.45) is 7.05 Å². The fourth-order valence-electron chi connectivity index (χ4n) is 1.80. The summed E-state index contributed by atoms with van der Waals surface area (Å²) in [5, 5.41) is 17.0. The van der Waals surface area contributed by atoms with E-state index < -0.39 is 5.60 Å². The lowest BCUT2D eigenvalue weighted by Gasteiger charge is -2.22. The van der Waals surface area contributed by atoms with Gasteiger partial charge in [0.05, 0.1) is 12.7 Å². The fraction of sp³-hybridized carbons (Fsp3) is 0.385. The molecule has 0 spiro atoms. The standard InChI is InChI=1S/C13H16BrN3O3/c1-8-4-10(14)20-11(8)12(18)15-7-13(2,19)9-5-16-17(3)6-9/h4-6,19H,7H2,1-3H3,(H,15,18). The maximum absolute atomic E-state index is 12.0. The second-order valence-corrected chi connectivity index (χ2v) is 5.70. The first kappa shape index (κ1) is 14.8. The van der Waals surface area contributed by atoms with Gasteiger partial charge in [0.15, 0.2) is 10.4 Å². The largest absolute Gasteiger partial charge is 0.444 e. The minimum Gasteiger partial charge on any atom is -0.444 e. The SMILES string of the molecule is Cc1cc(Br)oc1C(=O)NCC(C)(O)c1cnn(C)c1. The average Bonchev–Trinajstić information content (AvgIpc) is 2.93. The number of furan rings is 1. The van der Waals surface area contributed by atoms with Crippen LogP contribution >= 0.6 is 15.9 Å². The third-order valence-corrected chi connectivity index (χ3v) is 3.40. The molecule has 0 aliphatic carbocycles. The van der Waals surface area contributed by atoms with Crippen LogP contribution in [0.4, 0.5) is 0 Å². The fourth-order valence-corrected chi connectivity index (χ4v) is 2.31. The zero-order chi connectivity index (χ0) is 14.9. The van der Waals surface area contributed by atoms with Gasteiger partial charge in [-0.2, -0.15) is 5.10 Å². The van der Waals surface area contributed by atoms with Crippen LogP contribution in [0.2, 0.25) is 0 Å². The van der Waals surface area contributed by atoms with Gasteiger partial charge in [0.1, 0.15) is 5.60 Å². The van der Waals surface area contributed by atoms with Crippen LogP contribution in [0.3, 0.4) is 0 Å². The van der Waals surface area contributed by atoms with Crippen LogP contribution in [-0.2, 0) is 12.6 Å². The highest BCUT2D eigenvalue weighted by Crippen LogP contribution is 2.21. The van der Waals surface area contributed by atoms with E-state index in [0.29, 0.717) is 10.2 Å². The van der Waals surface area contributed by atoms with Gasteiger partial charge in [-0.25, -0.2) is 0 Å². The molecule has 2 rings (SSSR count). The van der Waals surface area contributed by atoms with Crippen LogP contribution in [-0.4, -0.2) is 27.3 Å². The number of hydrogen-bond donors (Lipinski definition) is 2. The van der Waals surface area contributed by atoms with Gasteiger partial charge >= 0.3 is 0 Å². The first-order chi connectivity index (χ1) is 9.29. The van der Waals surface area contributed by atoms with Gasteiger partial charge in [-0.15, -0.1) is 0 Å². The van der Waals surface area contributed by atoms with Crippen molar-refractivity contribution >= 4 is 21.8 Å². The maximum Gasteiger partial charge on any atom is 0.287 e. The molecular weight excluding hydrogens is 326 g/mol. The van der Waals surface area contributed by atoms with Gasteiger partial charge in [0.2, 0.25) is 0 Å². The highest BCUT2D eigenvalue weighted by Gasteiger charge is 2.26. The van der Waals surface area contributed by atoms with E-state index in [9.17, 15) is 9.90 Å².